The van der Waals surface area contributed by atoms with Gasteiger partial charge in [0.05, 0.1) is 12.5 Å². The van der Waals surface area contributed by atoms with Gasteiger partial charge in [-0.25, -0.2) is 8.78 Å². The number of carboxylic acid groups (broad SMARTS) is 1. The number of nitrogens with one attached hydrogen (secondary N) is 1. The number of hydrogen-bond donors (Lipinski definition) is 3. The Balaban J connectivity index is 1.95. The van der Waals surface area contributed by atoms with Gasteiger partial charge in [-0.1, -0.05) is 45.0 Å². The van der Waals surface area contributed by atoms with Gasteiger partial charge in [-0.3, -0.25) is 9.59 Å². The van der Waals surface area contributed by atoms with E-state index in [1.807, 2.05) is 20.8 Å². The minimum atomic E-state index is -1.27. The van der Waals surface area contributed by atoms with Gasteiger partial charge in [-0.2, -0.15) is 9.78 Å². The van der Waals surface area contributed by atoms with Gasteiger partial charge in [0.1, 0.15) is 29.5 Å². The number of aromatic nitrogens is 2. The molecular weight excluding hydrogens is 472 g/mol. The third kappa shape index (κ3) is 6.25. The van der Waals surface area contributed by atoms with Crippen LogP contribution in [0.1, 0.15) is 56.2 Å². The van der Waals surface area contributed by atoms with E-state index in [2.05, 4.69) is 10.4 Å². The maximum Gasteiger partial charge on any atom is 0.305 e. The summed E-state index contributed by atoms with van der Waals surface area (Å²) in [5.41, 5.74) is -1.58. The third-order valence-corrected chi connectivity index (χ3v) is 6.06. The fourth-order valence-corrected chi connectivity index (χ4v) is 3.16. The number of carboxylic acids is 1. The number of nitrogens with zero attached hydrogens (tertiary/aromatic N) is 2. The highest BCUT2D eigenvalue weighted by Crippen LogP contribution is 2.31. The molecule has 0 aliphatic heterocycles. The van der Waals surface area contributed by atoms with Crippen molar-refractivity contribution in [2.75, 3.05) is 6.61 Å². The van der Waals surface area contributed by atoms with Crippen molar-refractivity contribution in [2.45, 2.75) is 45.8 Å². The van der Waals surface area contributed by atoms with Gasteiger partial charge in [-0.05, 0) is 42.2 Å². The first-order chi connectivity index (χ1) is 16.8. The summed E-state index contributed by atoms with van der Waals surface area (Å²) in [4.78, 5) is 24.4. The molecule has 3 rings (SSSR count). The van der Waals surface area contributed by atoms with E-state index in [0.29, 0.717) is 5.56 Å². The van der Waals surface area contributed by atoms with E-state index in [0.717, 1.165) is 16.8 Å². The van der Waals surface area contributed by atoms with Crippen molar-refractivity contribution in [2.24, 2.45) is 5.41 Å². The summed E-state index contributed by atoms with van der Waals surface area (Å²) in [7, 11) is 0. The van der Waals surface area contributed by atoms with Crippen molar-refractivity contribution in [1.82, 2.24) is 15.1 Å². The van der Waals surface area contributed by atoms with Crippen LogP contribution in [0.3, 0.4) is 0 Å². The predicted molar refractivity (Wildman–Crippen MR) is 128 cm³/mol. The molecule has 0 spiro atoms. The number of halogens is 2. The number of amides is 1. The van der Waals surface area contributed by atoms with Crippen LogP contribution in [0.15, 0.2) is 54.6 Å². The Labute approximate surface area is 207 Å². The monoisotopic (exact) mass is 501 g/mol. The first-order valence-corrected chi connectivity index (χ1v) is 11.3. The fraction of sp³-hybridized carbons (Fsp3) is 0.346. The van der Waals surface area contributed by atoms with E-state index in [1.165, 1.54) is 36.4 Å². The zero-order valence-electron chi connectivity index (χ0n) is 20.5. The molecule has 0 saturated heterocycles. The van der Waals surface area contributed by atoms with Gasteiger partial charge >= 0.3 is 5.97 Å². The number of aliphatic carboxylic acids is 1. The van der Waals surface area contributed by atoms with E-state index >= 15 is 0 Å². The molecule has 0 bridgehead atoms. The molecule has 0 unspecified atom stereocenters. The summed E-state index contributed by atoms with van der Waals surface area (Å²) < 4.78 is 34.8. The van der Waals surface area contributed by atoms with Crippen LogP contribution in [0.5, 0.6) is 5.88 Å². The minimum absolute atomic E-state index is 0.00587. The number of ether oxygens (including phenoxy) is 1. The molecule has 3 aromatic rings. The standard InChI is InChI=1S/C26H29F2N3O5/c1-25(2,3)26(4,35)15-36-22-13-20(30-31(22)21-8-6-5-7-18(21)28)24(34)29-19(14-23(32)33)16-9-11-17(27)12-10-16/h5-13,19,35H,14-15H2,1-4H3,(H,29,34)(H,32,33)/t19-,26+/m0/s1. The molecular formula is C26H29F2N3O5. The van der Waals surface area contributed by atoms with Crippen LogP contribution in [0.4, 0.5) is 8.78 Å². The summed E-state index contributed by atoms with van der Waals surface area (Å²) in [6.45, 7) is 6.93. The van der Waals surface area contributed by atoms with Crippen molar-refractivity contribution in [1.29, 1.82) is 0 Å². The van der Waals surface area contributed by atoms with E-state index in [4.69, 9.17) is 4.74 Å². The summed E-state index contributed by atoms with van der Waals surface area (Å²) in [6, 6.07) is 11.2. The predicted octanol–water partition coefficient (Wildman–Crippen LogP) is 4.27. The zero-order chi connectivity index (χ0) is 26.7. The molecule has 2 aromatic carbocycles. The number of para-hydroxylation sites is 1. The second kappa shape index (κ2) is 10.4. The fourth-order valence-electron chi connectivity index (χ4n) is 3.16. The summed E-state index contributed by atoms with van der Waals surface area (Å²) in [5.74, 6) is -3.03. The lowest BCUT2D eigenvalue weighted by atomic mass is 9.78. The Morgan fingerprint density at radius 3 is 2.31 bits per heavy atom. The summed E-state index contributed by atoms with van der Waals surface area (Å²) >= 11 is 0. The maximum absolute atomic E-state index is 14.6. The molecule has 1 amide bonds. The molecule has 0 fully saturated rings. The average molecular weight is 502 g/mol. The molecule has 1 aromatic heterocycles. The van der Waals surface area contributed by atoms with Crippen LogP contribution >= 0.6 is 0 Å². The smallest absolute Gasteiger partial charge is 0.305 e. The van der Waals surface area contributed by atoms with E-state index in [1.54, 1.807) is 13.0 Å². The molecule has 0 aliphatic carbocycles. The second-order valence-corrected chi connectivity index (χ2v) is 9.72. The third-order valence-electron chi connectivity index (χ3n) is 6.06. The van der Waals surface area contributed by atoms with Crippen molar-refractivity contribution in [3.8, 4) is 11.6 Å². The van der Waals surface area contributed by atoms with Crippen molar-refractivity contribution >= 4 is 11.9 Å². The lowest BCUT2D eigenvalue weighted by molar-refractivity contribution is -0.137. The van der Waals surface area contributed by atoms with Gasteiger partial charge < -0.3 is 20.3 Å². The number of aliphatic hydroxyl groups is 1. The molecule has 192 valence electrons. The van der Waals surface area contributed by atoms with E-state index in [-0.39, 0.29) is 23.9 Å². The lowest BCUT2D eigenvalue weighted by Crippen LogP contribution is -2.45. The van der Waals surface area contributed by atoms with Gasteiger partial charge in [-0.15, -0.1) is 0 Å². The van der Waals surface area contributed by atoms with Gasteiger partial charge in [0.2, 0.25) is 5.88 Å². The van der Waals surface area contributed by atoms with Crippen LogP contribution < -0.4 is 10.1 Å². The van der Waals surface area contributed by atoms with E-state index in [9.17, 15) is 28.6 Å². The largest absolute Gasteiger partial charge is 0.481 e. The van der Waals surface area contributed by atoms with Crippen molar-refractivity contribution in [3.05, 3.63) is 77.5 Å². The van der Waals surface area contributed by atoms with Gasteiger partial charge in [0, 0.05) is 6.07 Å². The summed E-state index contributed by atoms with van der Waals surface area (Å²) in [5, 5.41) is 26.9. The Bertz CT molecular complexity index is 1230. The highest BCUT2D eigenvalue weighted by molar-refractivity contribution is 5.93. The quantitative estimate of drug-likeness (QED) is 0.404. The SMILES string of the molecule is CC(C)(C)[C@](C)(O)COc1cc(C(=O)N[C@@H](CC(=O)O)c2ccc(F)cc2)nn1-c1ccccc1F. The molecule has 8 nitrogen and oxygen atoms in total. The maximum atomic E-state index is 14.6. The first-order valence-electron chi connectivity index (χ1n) is 11.3. The molecule has 3 N–H and O–H groups in total. The Kier molecular flexibility index (Phi) is 7.78. The first kappa shape index (κ1) is 26.8. The number of hydrogen-bond acceptors (Lipinski definition) is 5. The topological polar surface area (TPSA) is 114 Å². The van der Waals surface area contributed by atoms with Crippen molar-refractivity contribution in [3.63, 3.8) is 0 Å². The number of benzene rings is 2. The molecule has 0 aliphatic rings. The van der Waals surface area contributed by atoms with Crippen LogP contribution in [-0.4, -0.2) is 44.1 Å². The normalized spacial score (nSPS) is 14.1. The highest BCUT2D eigenvalue weighted by Gasteiger charge is 2.36. The molecule has 36 heavy (non-hydrogen) atoms. The highest BCUT2D eigenvalue weighted by atomic mass is 19.1. The Hall–Kier alpha value is -3.79. The second-order valence-electron chi connectivity index (χ2n) is 9.72. The number of rotatable bonds is 9. The van der Waals surface area contributed by atoms with Crippen LogP contribution in [-0.2, 0) is 4.79 Å². The van der Waals surface area contributed by atoms with Crippen molar-refractivity contribution < 1.29 is 33.3 Å². The van der Waals surface area contributed by atoms with Gasteiger partial charge in [0.15, 0.2) is 5.69 Å². The minimum Gasteiger partial charge on any atom is -0.481 e. The molecule has 0 saturated carbocycles. The van der Waals surface area contributed by atoms with Crippen LogP contribution in [0.25, 0.3) is 5.69 Å². The number of carbonyl (C=O) groups is 2. The molecule has 0 radical (unpaired) electrons. The lowest BCUT2D eigenvalue weighted by Gasteiger charge is -2.36. The molecule has 10 heteroatoms. The van der Waals surface area contributed by atoms with Crippen LogP contribution in [0.2, 0.25) is 0 Å². The number of carbonyl (C=O) groups excluding carboxylic acids is 1. The summed E-state index contributed by atoms with van der Waals surface area (Å²) in [6.07, 6.45) is -0.455. The average Bonchev–Trinajstić information content (AvgIpc) is 3.21. The van der Waals surface area contributed by atoms with Crippen LogP contribution in [0, 0.1) is 17.0 Å². The Morgan fingerprint density at radius 1 is 1.08 bits per heavy atom. The Morgan fingerprint density at radius 2 is 1.72 bits per heavy atom. The molecule has 2 atom stereocenters. The zero-order valence-corrected chi connectivity index (χ0v) is 20.5. The van der Waals surface area contributed by atoms with E-state index < -0.39 is 47.0 Å². The van der Waals surface area contributed by atoms with Gasteiger partial charge in [0.25, 0.3) is 5.91 Å². The molecule has 1 heterocycles.